The zero-order valence-electron chi connectivity index (χ0n) is 8.91. The van der Waals surface area contributed by atoms with Crippen LogP contribution in [0.1, 0.15) is 32.1 Å². The molecule has 1 saturated heterocycles. The van der Waals surface area contributed by atoms with Crippen molar-refractivity contribution in [1.29, 1.82) is 0 Å². The number of methoxy groups -OCH3 is 1. The molecule has 0 aliphatic carbocycles. The van der Waals surface area contributed by atoms with Crippen LogP contribution >= 0.6 is 0 Å². The predicted molar refractivity (Wildman–Crippen MR) is 55.8 cm³/mol. The lowest BCUT2D eigenvalue weighted by atomic mass is 10.1. The van der Waals surface area contributed by atoms with Crippen molar-refractivity contribution in [3.05, 3.63) is 0 Å². The molecule has 4 nitrogen and oxygen atoms in total. The summed E-state index contributed by atoms with van der Waals surface area (Å²) in [5, 5.41) is 12.1. The Hall–Kier alpha value is -0.770. The zero-order chi connectivity index (χ0) is 10.2. The fraction of sp³-hybridized carbons (Fsp3) is 0.900. The summed E-state index contributed by atoms with van der Waals surface area (Å²) in [5.74, 6) is 0.855. The molecule has 0 aromatic carbocycles. The minimum absolute atomic E-state index is 0.819. The maximum atomic E-state index is 8.79. The average molecular weight is 200 g/mol. The average Bonchev–Trinajstić information content (AvgIpc) is 2.25. The van der Waals surface area contributed by atoms with Gasteiger partial charge in [0.2, 0.25) is 0 Å². The lowest BCUT2D eigenvalue weighted by Gasteiger charge is -2.29. The van der Waals surface area contributed by atoms with E-state index in [0.29, 0.717) is 0 Å². The molecule has 82 valence electrons. The van der Waals surface area contributed by atoms with Gasteiger partial charge in [-0.2, -0.15) is 0 Å². The molecule has 1 fully saturated rings. The van der Waals surface area contributed by atoms with E-state index in [-0.39, 0.29) is 0 Å². The molecule has 0 bridgehead atoms. The molecule has 1 aliphatic heterocycles. The third-order valence-corrected chi connectivity index (χ3v) is 2.59. The number of piperidine rings is 1. The third kappa shape index (κ3) is 3.54. The second-order valence-corrected chi connectivity index (χ2v) is 3.66. The van der Waals surface area contributed by atoms with E-state index >= 15 is 0 Å². The molecule has 0 saturated carbocycles. The van der Waals surface area contributed by atoms with E-state index in [0.717, 1.165) is 51.2 Å². The molecule has 0 amide bonds. The molecular weight excluding hydrogens is 180 g/mol. The van der Waals surface area contributed by atoms with E-state index in [2.05, 4.69) is 10.1 Å². The molecule has 0 spiro atoms. The van der Waals surface area contributed by atoms with E-state index in [1.54, 1.807) is 7.11 Å². The summed E-state index contributed by atoms with van der Waals surface area (Å²) in [5.41, 5.74) is 0. The summed E-state index contributed by atoms with van der Waals surface area (Å²) in [6.45, 7) is 2.84. The Labute approximate surface area is 85.5 Å². The highest BCUT2D eigenvalue weighted by molar-refractivity contribution is 5.82. The first-order valence-electron chi connectivity index (χ1n) is 5.33. The molecule has 0 aromatic rings. The fourth-order valence-corrected chi connectivity index (χ4v) is 1.78. The van der Waals surface area contributed by atoms with Crippen LogP contribution < -0.4 is 0 Å². The Morgan fingerprint density at radius 2 is 2.29 bits per heavy atom. The van der Waals surface area contributed by atoms with Crippen LogP contribution in [-0.2, 0) is 4.74 Å². The zero-order valence-corrected chi connectivity index (χ0v) is 8.91. The first kappa shape index (κ1) is 11.3. The summed E-state index contributed by atoms with van der Waals surface area (Å²) in [7, 11) is 1.72. The topological polar surface area (TPSA) is 45.1 Å². The Kier molecular flexibility index (Phi) is 5.37. The van der Waals surface area contributed by atoms with Crippen molar-refractivity contribution < 1.29 is 9.94 Å². The van der Waals surface area contributed by atoms with E-state index in [4.69, 9.17) is 9.94 Å². The number of nitrogens with zero attached hydrogens (tertiary/aromatic N) is 2. The smallest absolute Gasteiger partial charge is 0.144 e. The molecule has 0 atom stereocenters. The van der Waals surface area contributed by atoms with Gasteiger partial charge in [-0.25, -0.2) is 0 Å². The summed E-state index contributed by atoms with van der Waals surface area (Å²) >= 11 is 0. The quantitative estimate of drug-likeness (QED) is 0.417. The molecule has 1 aliphatic rings. The number of amidine groups is 1. The van der Waals surface area contributed by atoms with Crippen LogP contribution in [0.25, 0.3) is 0 Å². The van der Waals surface area contributed by atoms with Crippen molar-refractivity contribution in [2.75, 3.05) is 26.8 Å². The number of hydrogen-bond donors (Lipinski definition) is 1. The summed E-state index contributed by atoms with van der Waals surface area (Å²) in [6, 6.07) is 0. The fourth-order valence-electron chi connectivity index (χ4n) is 1.78. The van der Waals surface area contributed by atoms with Crippen molar-refractivity contribution in [2.24, 2.45) is 5.16 Å². The van der Waals surface area contributed by atoms with Crippen LogP contribution in [-0.4, -0.2) is 42.7 Å². The molecule has 4 heteroatoms. The lowest BCUT2D eigenvalue weighted by Crippen LogP contribution is -2.36. The Balaban J connectivity index is 2.20. The largest absolute Gasteiger partial charge is 0.409 e. The number of ether oxygens (including phenoxy) is 1. The lowest BCUT2D eigenvalue weighted by molar-refractivity contribution is 0.188. The van der Waals surface area contributed by atoms with Crippen molar-refractivity contribution in [3.63, 3.8) is 0 Å². The predicted octanol–water partition coefficient (Wildman–Crippen LogP) is 1.69. The SMILES string of the molecule is COCCCCN1CCCC/C1=N\O. The molecule has 14 heavy (non-hydrogen) atoms. The second kappa shape index (κ2) is 6.65. The van der Waals surface area contributed by atoms with Gasteiger partial charge in [-0.3, -0.25) is 0 Å². The van der Waals surface area contributed by atoms with Crippen LogP contribution in [0.2, 0.25) is 0 Å². The molecule has 0 unspecified atom stereocenters. The minimum Gasteiger partial charge on any atom is -0.409 e. The number of hydrogen-bond acceptors (Lipinski definition) is 3. The van der Waals surface area contributed by atoms with Gasteiger partial charge in [0.25, 0.3) is 0 Å². The van der Waals surface area contributed by atoms with E-state index < -0.39 is 0 Å². The second-order valence-electron chi connectivity index (χ2n) is 3.66. The first-order valence-corrected chi connectivity index (χ1v) is 5.33. The highest BCUT2D eigenvalue weighted by Gasteiger charge is 2.15. The van der Waals surface area contributed by atoms with Crippen LogP contribution in [0, 0.1) is 0 Å². The standard InChI is InChI=1S/C10H20N2O2/c1-14-9-5-4-8-12-7-3-2-6-10(12)11-13/h13H,2-9H2,1H3/b11-10+. The number of rotatable bonds is 5. The summed E-state index contributed by atoms with van der Waals surface area (Å²) < 4.78 is 4.99. The van der Waals surface area contributed by atoms with Gasteiger partial charge < -0.3 is 14.8 Å². The van der Waals surface area contributed by atoms with Gasteiger partial charge in [-0.15, -0.1) is 0 Å². The normalized spacial score (nSPS) is 20.4. The Morgan fingerprint density at radius 3 is 3.00 bits per heavy atom. The van der Waals surface area contributed by atoms with Crippen molar-refractivity contribution in [3.8, 4) is 0 Å². The van der Waals surface area contributed by atoms with Crippen LogP contribution in [0.3, 0.4) is 0 Å². The van der Waals surface area contributed by atoms with Gasteiger partial charge in [0.15, 0.2) is 0 Å². The Bertz CT molecular complexity index is 183. The molecule has 0 radical (unpaired) electrons. The molecule has 1 N–H and O–H groups in total. The highest BCUT2D eigenvalue weighted by Crippen LogP contribution is 2.12. The van der Waals surface area contributed by atoms with Crippen LogP contribution in [0.15, 0.2) is 5.16 Å². The molecular formula is C10H20N2O2. The van der Waals surface area contributed by atoms with Gasteiger partial charge >= 0.3 is 0 Å². The number of unbranched alkanes of at least 4 members (excludes halogenated alkanes) is 1. The number of likely N-dealkylation sites (tertiary alicyclic amines) is 1. The van der Waals surface area contributed by atoms with Crippen molar-refractivity contribution in [1.82, 2.24) is 4.90 Å². The van der Waals surface area contributed by atoms with Gasteiger partial charge in [-0.1, -0.05) is 5.16 Å². The number of oxime groups is 1. The van der Waals surface area contributed by atoms with Gasteiger partial charge in [0.1, 0.15) is 5.84 Å². The van der Waals surface area contributed by atoms with E-state index in [1.165, 1.54) is 6.42 Å². The van der Waals surface area contributed by atoms with Gasteiger partial charge in [0, 0.05) is 33.2 Å². The highest BCUT2D eigenvalue weighted by atomic mass is 16.5. The Morgan fingerprint density at radius 1 is 1.43 bits per heavy atom. The minimum atomic E-state index is 0.819. The van der Waals surface area contributed by atoms with E-state index in [9.17, 15) is 0 Å². The molecule has 1 rings (SSSR count). The van der Waals surface area contributed by atoms with E-state index in [1.807, 2.05) is 0 Å². The van der Waals surface area contributed by atoms with Crippen molar-refractivity contribution >= 4 is 5.84 Å². The maximum Gasteiger partial charge on any atom is 0.144 e. The van der Waals surface area contributed by atoms with Gasteiger partial charge in [0.05, 0.1) is 0 Å². The van der Waals surface area contributed by atoms with Gasteiger partial charge in [-0.05, 0) is 25.7 Å². The molecule has 1 heterocycles. The first-order chi connectivity index (χ1) is 6.88. The molecule has 0 aromatic heterocycles. The third-order valence-electron chi connectivity index (χ3n) is 2.59. The maximum absolute atomic E-state index is 8.79. The van der Waals surface area contributed by atoms with Crippen molar-refractivity contribution in [2.45, 2.75) is 32.1 Å². The summed E-state index contributed by atoms with van der Waals surface area (Å²) in [6.07, 6.45) is 5.45. The van der Waals surface area contributed by atoms with Crippen LogP contribution in [0.4, 0.5) is 0 Å². The monoisotopic (exact) mass is 200 g/mol. The van der Waals surface area contributed by atoms with Crippen LogP contribution in [0.5, 0.6) is 0 Å². The summed E-state index contributed by atoms with van der Waals surface area (Å²) in [4.78, 5) is 2.18.